The van der Waals surface area contributed by atoms with Gasteiger partial charge in [0.05, 0.1) is 42.0 Å². The zero-order valence-corrected chi connectivity index (χ0v) is 17.6. The highest BCUT2D eigenvalue weighted by Gasteiger charge is 2.21. The summed E-state index contributed by atoms with van der Waals surface area (Å²) < 4.78 is 12.0. The van der Waals surface area contributed by atoms with Crippen LogP contribution in [0.15, 0.2) is 28.2 Å². The number of carbonyl (C=O) groups is 2. The normalized spacial score (nSPS) is 16.3. The van der Waals surface area contributed by atoms with Crippen LogP contribution >= 0.6 is 11.8 Å². The summed E-state index contributed by atoms with van der Waals surface area (Å²) in [5.41, 5.74) is 0.499. The van der Waals surface area contributed by atoms with E-state index < -0.39 is 5.97 Å². The van der Waals surface area contributed by atoms with Gasteiger partial charge in [0.2, 0.25) is 5.91 Å². The molecule has 0 saturated carbocycles. The molecule has 1 aromatic heterocycles. The van der Waals surface area contributed by atoms with Crippen molar-refractivity contribution in [3.8, 4) is 0 Å². The van der Waals surface area contributed by atoms with Crippen molar-refractivity contribution in [1.29, 1.82) is 0 Å². The summed E-state index contributed by atoms with van der Waals surface area (Å²) in [6, 6.07) is 4.71. The van der Waals surface area contributed by atoms with Crippen LogP contribution in [-0.2, 0) is 20.8 Å². The number of nitrogens with one attached hydrogen (secondary N) is 1. The van der Waals surface area contributed by atoms with Gasteiger partial charge < -0.3 is 14.8 Å². The summed E-state index contributed by atoms with van der Waals surface area (Å²) >= 11 is 1.20. The highest BCUT2D eigenvalue weighted by molar-refractivity contribution is 7.99. The lowest BCUT2D eigenvalue weighted by molar-refractivity contribution is -0.119. The van der Waals surface area contributed by atoms with Crippen LogP contribution < -0.4 is 10.9 Å². The molecule has 156 valence electrons. The SMILES string of the molecule is COC(=O)c1ccc2c(=O)n(C[C@@H]3CCCO3)c(SCC(=O)NC(C)C)nc2c1. The van der Waals surface area contributed by atoms with E-state index in [1.165, 1.54) is 24.9 Å². The van der Waals surface area contributed by atoms with E-state index in [9.17, 15) is 14.4 Å². The number of ether oxygens (including phenoxy) is 2. The molecule has 1 fully saturated rings. The fourth-order valence-corrected chi connectivity index (χ4v) is 4.02. The number of carbonyl (C=O) groups excluding carboxylic acids is 2. The second-order valence-corrected chi connectivity index (χ2v) is 8.12. The molecule has 9 heteroatoms. The molecule has 0 spiro atoms. The van der Waals surface area contributed by atoms with E-state index in [2.05, 4.69) is 10.3 Å². The van der Waals surface area contributed by atoms with Crippen LogP contribution in [0.4, 0.5) is 0 Å². The van der Waals surface area contributed by atoms with Gasteiger partial charge in [-0.05, 0) is 44.9 Å². The molecular weight excluding hydrogens is 394 g/mol. The fourth-order valence-electron chi connectivity index (χ4n) is 3.20. The largest absolute Gasteiger partial charge is 0.465 e. The second-order valence-electron chi connectivity index (χ2n) is 7.18. The third kappa shape index (κ3) is 5.16. The zero-order valence-electron chi connectivity index (χ0n) is 16.8. The summed E-state index contributed by atoms with van der Waals surface area (Å²) in [7, 11) is 1.30. The Morgan fingerprint density at radius 2 is 2.21 bits per heavy atom. The van der Waals surface area contributed by atoms with E-state index >= 15 is 0 Å². The molecule has 2 aromatic rings. The summed E-state index contributed by atoms with van der Waals surface area (Å²) in [5.74, 6) is -0.493. The number of benzene rings is 1. The molecule has 1 amide bonds. The lowest BCUT2D eigenvalue weighted by atomic mass is 10.1. The molecule has 29 heavy (non-hydrogen) atoms. The maximum atomic E-state index is 13.1. The zero-order chi connectivity index (χ0) is 21.0. The van der Waals surface area contributed by atoms with Gasteiger partial charge in [0.25, 0.3) is 5.56 Å². The second kappa shape index (κ2) is 9.41. The van der Waals surface area contributed by atoms with E-state index in [0.717, 1.165) is 12.8 Å². The number of hydrogen-bond donors (Lipinski definition) is 1. The first-order valence-electron chi connectivity index (χ1n) is 9.55. The van der Waals surface area contributed by atoms with Gasteiger partial charge in [0, 0.05) is 12.6 Å². The van der Waals surface area contributed by atoms with Crippen LogP contribution in [0.3, 0.4) is 0 Å². The first kappa shape index (κ1) is 21.3. The van der Waals surface area contributed by atoms with E-state index in [1.54, 1.807) is 16.7 Å². The number of thioether (sulfide) groups is 1. The molecule has 1 aliphatic heterocycles. The maximum Gasteiger partial charge on any atom is 0.337 e. The summed E-state index contributed by atoms with van der Waals surface area (Å²) in [6.45, 7) is 4.84. The minimum Gasteiger partial charge on any atom is -0.465 e. The van der Waals surface area contributed by atoms with Gasteiger partial charge in [-0.1, -0.05) is 11.8 Å². The molecule has 3 rings (SSSR count). The quantitative estimate of drug-likeness (QED) is 0.416. The van der Waals surface area contributed by atoms with Crippen LogP contribution in [-0.4, -0.2) is 53.0 Å². The number of nitrogens with zero attached hydrogens (tertiary/aromatic N) is 2. The van der Waals surface area contributed by atoms with Crippen molar-refractivity contribution in [3.05, 3.63) is 34.1 Å². The van der Waals surface area contributed by atoms with Gasteiger partial charge in [-0.2, -0.15) is 0 Å². The van der Waals surface area contributed by atoms with Gasteiger partial charge in [-0.25, -0.2) is 9.78 Å². The minimum atomic E-state index is -0.497. The van der Waals surface area contributed by atoms with Crippen LogP contribution in [0.5, 0.6) is 0 Å². The smallest absolute Gasteiger partial charge is 0.337 e. The molecule has 1 aliphatic rings. The van der Waals surface area contributed by atoms with Crippen molar-refractivity contribution < 1.29 is 19.1 Å². The molecule has 0 unspecified atom stereocenters. The number of rotatable bonds is 7. The van der Waals surface area contributed by atoms with Crippen molar-refractivity contribution in [2.24, 2.45) is 0 Å². The number of amides is 1. The average molecular weight is 420 g/mol. The van der Waals surface area contributed by atoms with Crippen LogP contribution in [0.25, 0.3) is 10.9 Å². The maximum absolute atomic E-state index is 13.1. The minimum absolute atomic E-state index is 0.0318. The average Bonchev–Trinajstić information content (AvgIpc) is 3.20. The van der Waals surface area contributed by atoms with Crippen molar-refractivity contribution in [2.45, 2.75) is 50.5 Å². The monoisotopic (exact) mass is 419 g/mol. The number of hydrogen-bond acceptors (Lipinski definition) is 7. The Kier molecular flexibility index (Phi) is 6.92. The molecule has 1 saturated heterocycles. The first-order valence-corrected chi connectivity index (χ1v) is 10.5. The molecular formula is C20H25N3O5S. The van der Waals surface area contributed by atoms with Gasteiger partial charge in [0.15, 0.2) is 5.16 Å². The molecule has 1 atom stereocenters. The third-order valence-electron chi connectivity index (χ3n) is 4.53. The fraction of sp³-hybridized carbons (Fsp3) is 0.500. The predicted octanol–water partition coefficient (Wildman–Crippen LogP) is 1.98. The standard InChI is InChI=1S/C20H25N3O5S/c1-12(2)21-17(24)11-29-20-22-16-9-13(19(26)27-3)6-7-15(16)18(25)23(20)10-14-5-4-8-28-14/h6-7,9,12,14H,4-5,8,10-11H2,1-3H3,(H,21,24)/t14-/m0/s1. The van der Waals surface area contributed by atoms with E-state index in [-0.39, 0.29) is 29.4 Å². The number of fused-ring (bicyclic) bond motifs is 1. The molecule has 0 bridgehead atoms. The van der Waals surface area contributed by atoms with Gasteiger partial charge in [-0.15, -0.1) is 0 Å². The summed E-state index contributed by atoms with van der Waals surface area (Å²) in [6.07, 6.45) is 1.79. The lowest BCUT2D eigenvalue weighted by Crippen LogP contribution is -2.32. The third-order valence-corrected chi connectivity index (χ3v) is 5.51. The Bertz CT molecular complexity index is 966. The van der Waals surface area contributed by atoms with E-state index in [4.69, 9.17) is 9.47 Å². The predicted molar refractivity (Wildman–Crippen MR) is 110 cm³/mol. The summed E-state index contributed by atoms with van der Waals surface area (Å²) in [4.78, 5) is 41.7. The topological polar surface area (TPSA) is 99.5 Å². The Morgan fingerprint density at radius 1 is 1.41 bits per heavy atom. The first-order chi connectivity index (χ1) is 13.9. The van der Waals surface area contributed by atoms with Crippen LogP contribution in [0.1, 0.15) is 37.0 Å². The molecule has 2 heterocycles. The Balaban J connectivity index is 1.99. The Hall–Kier alpha value is -2.39. The van der Waals surface area contributed by atoms with Crippen molar-refractivity contribution in [2.75, 3.05) is 19.5 Å². The van der Waals surface area contributed by atoms with Crippen molar-refractivity contribution in [3.63, 3.8) is 0 Å². The van der Waals surface area contributed by atoms with Gasteiger partial charge >= 0.3 is 5.97 Å². The number of esters is 1. The highest BCUT2D eigenvalue weighted by Crippen LogP contribution is 2.22. The Morgan fingerprint density at radius 3 is 2.86 bits per heavy atom. The summed E-state index contributed by atoms with van der Waals surface area (Å²) in [5, 5.41) is 3.67. The van der Waals surface area contributed by atoms with Gasteiger partial charge in [-0.3, -0.25) is 14.2 Å². The van der Waals surface area contributed by atoms with Gasteiger partial charge in [0.1, 0.15) is 0 Å². The molecule has 0 aliphatic carbocycles. The highest BCUT2D eigenvalue weighted by atomic mass is 32.2. The van der Waals surface area contributed by atoms with Crippen LogP contribution in [0.2, 0.25) is 0 Å². The van der Waals surface area contributed by atoms with Crippen molar-refractivity contribution >= 4 is 34.5 Å². The lowest BCUT2D eigenvalue weighted by Gasteiger charge is -2.17. The number of aromatic nitrogens is 2. The molecule has 0 radical (unpaired) electrons. The van der Waals surface area contributed by atoms with Crippen LogP contribution in [0, 0.1) is 0 Å². The molecule has 1 aromatic carbocycles. The van der Waals surface area contributed by atoms with Crippen molar-refractivity contribution in [1.82, 2.24) is 14.9 Å². The molecule has 1 N–H and O–H groups in total. The van der Waals surface area contributed by atoms with E-state index in [1.807, 2.05) is 13.8 Å². The molecule has 8 nitrogen and oxygen atoms in total. The number of methoxy groups -OCH3 is 1. The van der Waals surface area contributed by atoms with E-state index in [0.29, 0.717) is 34.8 Å². The Labute approximate surface area is 173 Å².